The van der Waals surface area contributed by atoms with Gasteiger partial charge in [0.15, 0.2) is 17.3 Å². The van der Waals surface area contributed by atoms with E-state index in [0.29, 0.717) is 15.9 Å². The van der Waals surface area contributed by atoms with Crippen molar-refractivity contribution in [1.29, 1.82) is 0 Å². The Morgan fingerprint density at radius 2 is 1.74 bits per heavy atom. The van der Waals surface area contributed by atoms with Crippen LogP contribution in [0.5, 0.6) is 0 Å². The Hall–Kier alpha value is -5.34. The number of ether oxygens (including phenoxy) is 1. The smallest absolute Gasteiger partial charge is 0.411 e. The van der Waals surface area contributed by atoms with Gasteiger partial charge in [0, 0.05) is 5.56 Å². The van der Waals surface area contributed by atoms with E-state index in [1.807, 2.05) is 0 Å². The van der Waals surface area contributed by atoms with Gasteiger partial charge in [-0.25, -0.2) is 28.2 Å². The number of carbonyl (C=O) groups is 2. The predicted octanol–water partition coefficient (Wildman–Crippen LogP) is 7.34. The summed E-state index contributed by atoms with van der Waals surface area (Å²) in [6, 6.07) is 8.08. The molecule has 22 heteroatoms. The maximum absolute atomic E-state index is 14.9. The molecule has 0 unspecified atom stereocenters. The fourth-order valence-electron chi connectivity index (χ4n) is 6.65. The number of amides is 2. The van der Waals surface area contributed by atoms with E-state index >= 15 is 0 Å². The lowest BCUT2D eigenvalue weighted by Gasteiger charge is -2.37. The standard InChI is InChI=1S/C35H33ClF8N10O3/c1-31(2,34(39,40)41)16-33(20-6-3-18(4-7-20)23-14-47-54(51-23)21-8-9-21)28(55)52(29(45)49-33)25(15-57-30(56)50-32(11-12-32)35(42,43)44)19-5-10-22(36)24(13-19)53-27(26(37)38)46-17-48-53/h3-7,10,13-14,17,21,25-26H,8-9,11-12,15-16H2,1-2H3,(H2,45,49)(H,50,56)/t25-,33-/m1/s1. The normalized spacial score (nSPS) is 20.2. The van der Waals surface area contributed by atoms with Crippen LogP contribution in [0.15, 0.2) is 60.0 Å². The van der Waals surface area contributed by atoms with Crippen LogP contribution < -0.4 is 11.1 Å². The molecule has 7 rings (SSSR count). The highest BCUT2D eigenvalue weighted by Crippen LogP contribution is 2.51. The van der Waals surface area contributed by atoms with Crippen LogP contribution in [0.2, 0.25) is 5.02 Å². The molecule has 2 aromatic heterocycles. The first-order chi connectivity index (χ1) is 26.7. The van der Waals surface area contributed by atoms with Gasteiger partial charge in [0.2, 0.25) is 0 Å². The van der Waals surface area contributed by atoms with E-state index in [9.17, 15) is 44.7 Å². The van der Waals surface area contributed by atoms with Crippen molar-refractivity contribution in [2.75, 3.05) is 6.61 Å². The highest BCUT2D eigenvalue weighted by molar-refractivity contribution is 6.32. The Morgan fingerprint density at radius 1 is 1.05 bits per heavy atom. The van der Waals surface area contributed by atoms with E-state index < -0.39 is 91.0 Å². The topological polar surface area (TPSA) is 158 Å². The number of aromatic nitrogens is 6. The van der Waals surface area contributed by atoms with E-state index in [0.717, 1.165) is 44.0 Å². The lowest BCUT2D eigenvalue weighted by molar-refractivity contribution is -0.218. The SMILES string of the molecule is CC(C)(C[C@]1(c2ccc(-c3cnn(C4CC4)n3)cc2)N=C(N)N([C@H](COC(=O)NC2(C(F)(F)F)CC2)c2ccc(Cl)c(-n3ncnc3C(F)F)c2)C1=O)C(F)(F)F. The Kier molecular flexibility index (Phi) is 9.75. The Balaban J connectivity index is 1.29. The van der Waals surface area contributed by atoms with Crippen LogP contribution in [0, 0.1) is 5.41 Å². The maximum atomic E-state index is 14.9. The van der Waals surface area contributed by atoms with Gasteiger partial charge in [-0.1, -0.05) is 55.8 Å². The van der Waals surface area contributed by atoms with Gasteiger partial charge in [0.25, 0.3) is 12.3 Å². The molecule has 2 aromatic carbocycles. The van der Waals surface area contributed by atoms with Crippen LogP contribution in [0.25, 0.3) is 16.9 Å². The molecule has 2 saturated carbocycles. The zero-order valence-corrected chi connectivity index (χ0v) is 30.7. The quantitative estimate of drug-likeness (QED) is 0.140. The van der Waals surface area contributed by atoms with Crippen LogP contribution in [-0.4, -0.2) is 77.1 Å². The molecule has 0 spiro atoms. The summed E-state index contributed by atoms with van der Waals surface area (Å²) < 4.78 is 118. The fourth-order valence-corrected chi connectivity index (χ4v) is 6.85. The van der Waals surface area contributed by atoms with E-state index in [2.05, 4.69) is 25.3 Å². The van der Waals surface area contributed by atoms with Crippen molar-refractivity contribution in [3.63, 3.8) is 0 Å². The summed E-state index contributed by atoms with van der Waals surface area (Å²) in [7, 11) is 0. The number of benzene rings is 2. The molecule has 3 N–H and O–H groups in total. The van der Waals surface area contributed by atoms with E-state index in [4.69, 9.17) is 22.1 Å². The number of carbonyl (C=O) groups excluding carboxylic acids is 2. The number of halogens is 9. The number of aliphatic imine (C=N–C) groups is 1. The number of nitrogens with two attached hydrogens (primary N) is 1. The van der Waals surface area contributed by atoms with Crippen LogP contribution in [0.3, 0.4) is 0 Å². The van der Waals surface area contributed by atoms with Gasteiger partial charge in [-0.3, -0.25) is 9.69 Å². The number of guanidine groups is 1. The average molecular weight is 829 g/mol. The molecule has 304 valence electrons. The van der Waals surface area contributed by atoms with Crippen LogP contribution in [-0.2, 0) is 15.1 Å². The maximum Gasteiger partial charge on any atom is 0.411 e. The molecule has 13 nitrogen and oxygen atoms in total. The number of nitrogens with zero attached hydrogens (tertiary/aromatic N) is 8. The average Bonchev–Trinajstić information content (AvgIpc) is 4.00. The van der Waals surface area contributed by atoms with E-state index in [1.165, 1.54) is 42.6 Å². The number of rotatable bonds is 12. The number of nitrogens with one attached hydrogen (secondary N) is 1. The lowest BCUT2D eigenvalue weighted by Crippen LogP contribution is -2.50. The minimum absolute atomic E-state index is 0.00661. The minimum Gasteiger partial charge on any atom is -0.447 e. The van der Waals surface area contributed by atoms with Gasteiger partial charge in [0.1, 0.15) is 24.2 Å². The Labute approximate surface area is 323 Å². The van der Waals surface area contributed by atoms with Crippen molar-refractivity contribution >= 4 is 29.6 Å². The monoisotopic (exact) mass is 828 g/mol. The van der Waals surface area contributed by atoms with E-state index in [1.54, 1.807) is 10.1 Å². The lowest BCUT2D eigenvalue weighted by atomic mass is 9.74. The molecule has 57 heavy (non-hydrogen) atoms. The molecular formula is C35H33ClF8N10O3. The van der Waals surface area contributed by atoms with Crippen molar-refractivity contribution in [3.05, 3.63) is 77.0 Å². The molecule has 2 fully saturated rings. The molecule has 0 bridgehead atoms. The molecule has 4 aromatic rings. The van der Waals surface area contributed by atoms with Crippen molar-refractivity contribution in [1.82, 2.24) is 40.0 Å². The number of alkyl halides is 8. The zero-order valence-electron chi connectivity index (χ0n) is 30.0. The summed E-state index contributed by atoms with van der Waals surface area (Å²) in [4.78, 5) is 38.0. The molecule has 2 aliphatic carbocycles. The highest BCUT2D eigenvalue weighted by atomic mass is 35.5. The van der Waals surface area contributed by atoms with Crippen LogP contribution in [0.1, 0.15) is 81.4 Å². The second-order valence-electron chi connectivity index (χ2n) is 14.8. The molecule has 2 atom stereocenters. The van der Waals surface area contributed by atoms with Crippen molar-refractivity contribution in [2.24, 2.45) is 16.1 Å². The van der Waals surface area contributed by atoms with Crippen molar-refractivity contribution < 1.29 is 49.4 Å². The fraction of sp³-hybridized carbons (Fsp3) is 0.457. The third kappa shape index (κ3) is 7.36. The summed E-state index contributed by atoms with van der Waals surface area (Å²) in [6.45, 7) is 0.824. The van der Waals surface area contributed by atoms with Crippen molar-refractivity contribution in [3.8, 4) is 16.9 Å². The van der Waals surface area contributed by atoms with Gasteiger partial charge in [-0.05, 0) is 55.4 Å². The molecule has 3 aliphatic rings. The number of hydrogen-bond acceptors (Lipinski definition) is 9. The Bertz CT molecular complexity index is 2210. The summed E-state index contributed by atoms with van der Waals surface area (Å²) >= 11 is 6.37. The van der Waals surface area contributed by atoms with Gasteiger partial charge < -0.3 is 15.8 Å². The van der Waals surface area contributed by atoms with Gasteiger partial charge in [-0.15, -0.1) is 0 Å². The van der Waals surface area contributed by atoms with Crippen LogP contribution >= 0.6 is 11.6 Å². The molecule has 1 aliphatic heterocycles. The van der Waals surface area contributed by atoms with Crippen LogP contribution in [0.4, 0.5) is 39.9 Å². The van der Waals surface area contributed by atoms with Crippen molar-refractivity contribution in [2.45, 2.75) is 87.9 Å². The second kappa shape index (κ2) is 13.9. The Morgan fingerprint density at radius 3 is 2.33 bits per heavy atom. The van der Waals surface area contributed by atoms with E-state index in [-0.39, 0.29) is 27.9 Å². The van der Waals surface area contributed by atoms with Gasteiger partial charge >= 0.3 is 18.4 Å². The third-order valence-corrected chi connectivity index (χ3v) is 10.6. The summed E-state index contributed by atoms with van der Waals surface area (Å²) in [5.41, 5.74) is -0.318. The largest absolute Gasteiger partial charge is 0.447 e. The predicted molar refractivity (Wildman–Crippen MR) is 185 cm³/mol. The summed E-state index contributed by atoms with van der Waals surface area (Å²) in [5.74, 6) is -2.57. The summed E-state index contributed by atoms with van der Waals surface area (Å²) in [6.07, 6.45) is -11.9. The molecule has 3 heterocycles. The number of hydrogen-bond donors (Lipinski definition) is 2. The molecular weight excluding hydrogens is 796 g/mol. The summed E-state index contributed by atoms with van der Waals surface area (Å²) in [5, 5.41) is 14.2. The second-order valence-corrected chi connectivity index (χ2v) is 15.2. The molecule has 2 amide bonds. The van der Waals surface area contributed by atoms with Gasteiger partial charge in [0.05, 0.1) is 34.4 Å². The first-order valence-corrected chi connectivity index (χ1v) is 17.8. The number of alkyl carbamates (subject to hydrolysis) is 1. The zero-order chi connectivity index (χ0) is 41.3. The van der Waals surface area contributed by atoms with Gasteiger partial charge in [-0.2, -0.15) is 46.4 Å². The first kappa shape index (κ1) is 39.9. The highest BCUT2D eigenvalue weighted by Gasteiger charge is 2.65. The molecule has 0 radical (unpaired) electrons. The molecule has 0 saturated heterocycles. The minimum atomic E-state index is -4.86. The third-order valence-electron chi connectivity index (χ3n) is 10.3. The first-order valence-electron chi connectivity index (χ1n) is 17.4.